The zero-order chi connectivity index (χ0) is 17.9. The molecule has 0 aromatic carbocycles. The lowest BCUT2D eigenvalue weighted by Crippen LogP contribution is -2.39. The Kier molecular flexibility index (Phi) is 5.17. The number of nitrogens with zero attached hydrogens (tertiary/aromatic N) is 6. The molecule has 0 unspecified atom stereocenters. The Labute approximate surface area is 155 Å². The number of hydrogen-bond donors (Lipinski definition) is 1. The summed E-state index contributed by atoms with van der Waals surface area (Å²) in [5.74, 6) is 2.51. The monoisotopic (exact) mass is 355 g/mol. The first-order valence-corrected chi connectivity index (χ1v) is 9.70. The van der Waals surface area contributed by atoms with Crippen molar-refractivity contribution in [2.45, 2.75) is 31.7 Å². The van der Waals surface area contributed by atoms with Gasteiger partial charge in [0.1, 0.15) is 5.82 Å². The van der Waals surface area contributed by atoms with Gasteiger partial charge in [0.15, 0.2) is 0 Å². The molecule has 0 bridgehead atoms. The second-order valence-electron chi connectivity index (χ2n) is 7.56. The second-order valence-corrected chi connectivity index (χ2v) is 7.56. The van der Waals surface area contributed by atoms with Crippen LogP contribution in [0, 0.1) is 0 Å². The maximum Gasteiger partial charge on any atom is 0.224 e. The quantitative estimate of drug-likeness (QED) is 0.849. The molecule has 7 nitrogen and oxygen atoms in total. The Morgan fingerprint density at radius 3 is 2.46 bits per heavy atom. The average molecular weight is 355 g/mol. The van der Waals surface area contributed by atoms with Gasteiger partial charge in [-0.15, -0.1) is 0 Å². The SMILES string of the molecule is CN(C)c1ncc(-c2cn(CCN3CCC3)c(C3CCNCC3)n2)cn1. The summed E-state index contributed by atoms with van der Waals surface area (Å²) in [6, 6.07) is 0. The normalized spacial score (nSPS) is 18.7. The van der Waals surface area contributed by atoms with Crippen molar-refractivity contribution in [2.24, 2.45) is 0 Å². The van der Waals surface area contributed by atoms with E-state index >= 15 is 0 Å². The molecule has 4 heterocycles. The maximum absolute atomic E-state index is 5.02. The molecule has 2 saturated heterocycles. The van der Waals surface area contributed by atoms with Gasteiger partial charge in [-0.25, -0.2) is 15.0 Å². The molecule has 2 aromatic rings. The molecule has 2 aliphatic rings. The van der Waals surface area contributed by atoms with E-state index in [0.29, 0.717) is 5.92 Å². The van der Waals surface area contributed by atoms with Crippen molar-refractivity contribution in [3.05, 3.63) is 24.4 Å². The fraction of sp³-hybridized carbons (Fsp3) is 0.632. The molecule has 140 valence electrons. The predicted molar refractivity (Wildman–Crippen MR) is 103 cm³/mol. The number of hydrogen-bond acceptors (Lipinski definition) is 6. The standard InChI is InChI=1S/C19H29N7/c1-24(2)19-21-12-16(13-22-19)17-14-26(11-10-25-8-3-9-25)18(23-17)15-4-6-20-7-5-15/h12-15,20H,3-11H2,1-2H3. The second kappa shape index (κ2) is 7.72. The van der Waals surface area contributed by atoms with Crippen LogP contribution in [0.25, 0.3) is 11.3 Å². The van der Waals surface area contributed by atoms with Gasteiger partial charge in [-0.3, -0.25) is 0 Å². The fourth-order valence-electron chi connectivity index (χ4n) is 3.69. The number of imidazole rings is 1. The molecular formula is C19H29N7. The first kappa shape index (κ1) is 17.4. The smallest absolute Gasteiger partial charge is 0.224 e. The molecule has 2 aromatic heterocycles. The summed E-state index contributed by atoms with van der Waals surface area (Å²) in [5, 5.41) is 3.46. The minimum atomic E-state index is 0.545. The van der Waals surface area contributed by atoms with Gasteiger partial charge in [0.05, 0.1) is 5.69 Å². The Balaban J connectivity index is 1.58. The molecule has 2 aliphatic heterocycles. The number of aromatic nitrogens is 4. The lowest BCUT2D eigenvalue weighted by molar-refractivity contribution is 0.173. The fourth-order valence-corrected chi connectivity index (χ4v) is 3.69. The van der Waals surface area contributed by atoms with Gasteiger partial charge in [-0.05, 0) is 45.4 Å². The van der Waals surface area contributed by atoms with Crippen LogP contribution >= 0.6 is 0 Å². The molecule has 0 saturated carbocycles. The first-order valence-electron chi connectivity index (χ1n) is 9.70. The van der Waals surface area contributed by atoms with Crippen LogP contribution in [0.2, 0.25) is 0 Å². The molecule has 0 spiro atoms. The highest BCUT2D eigenvalue weighted by Crippen LogP contribution is 2.28. The average Bonchev–Trinajstić information content (AvgIpc) is 3.05. The molecular weight excluding hydrogens is 326 g/mol. The predicted octanol–water partition coefficient (Wildman–Crippen LogP) is 1.58. The van der Waals surface area contributed by atoms with Gasteiger partial charge in [-0.2, -0.15) is 0 Å². The molecule has 0 aliphatic carbocycles. The van der Waals surface area contributed by atoms with Crippen LogP contribution in [0.3, 0.4) is 0 Å². The molecule has 4 rings (SSSR count). The minimum Gasteiger partial charge on any atom is -0.347 e. The van der Waals surface area contributed by atoms with Crippen molar-refractivity contribution in [3.63, 3.8) is 0 Å². The summed E-state index contributed by atoms with van der Waals surface area (Å²) < 4.78 is 2.38. The molecule has 0 amide bonds. The Morgan fingerprint density at radius 1 is 1.12 bits per heavy atom. The van der Waals surface area contributed by atoms with Crippen molar-refractivity contribution in [1.29, 1.82) is 0 Å². The summed E-state index contributed by atoms with van der Waals surface area (Å²) in [4.78, 5) is 18.4. The summed E-state index contributed by atoms with van der Waals surface area (Å²) in [7, 11) is 3.91. The number of rotatable bonds is 6. The zero-order valence-electron chi connectivity index (χ0n) is 15.9. The van der Waals surface area contributed by atoms with E-state index in [-0.39, 0.29) is 0 Å². The van der Waals surface area contributed by atoms with Crippen LogP contribution in [0.5, 0.6) is 0 Å². The van der Waals surface area contributed by atoms with Gasteiger partial charge in [0.2, 0.25) is 5.95 Å². The molecule has 1 N–H and O–H groups in total. The number of piperidine rings is 1. The lowest BCUT2D eigenvalue weighted by Gasteiger charge is -2.31. The molecule has 0 atom stereocenters. The van der Waals surface area contributed by atoms with Crippen molar-refractivity contribution in [2.75, 3.05) is 51.7 Å². The van der Waals surface area contributed by atoms with Gasteiger partial charge < -0.3 is 19.7 Å². The van der Waals surface area contributed by atoms with Crippen LogP contribution in [0.15, 0.2) is 18.6 Å². The third-order valence-corrected chi connectivity index (χ3v) is 5.45. The van der Waals surface area contributed by atoms with E-state index in [2.05, 4.69) is 30.9 Å². The van der Waals surface area contributed by atoms with E-state index in [0.717, 1.165) is 56.2 Å². The summed E-state index contributed by atoms with van der Waals surface area (Å²) in [6.45, 7) is 6.78. The highest BCUT2D eigenvalue weighted by atomic mass is 15.2. The first-order chi connectivity index (χ1) is 12.7. The largest absolute Gasteiger partial charge is 0.347 e. The van der Waals surface area contributed by atoms with Crippen molar-refractivity contribution in [3.8, 4) is 11.3 Å². The third kappa shape index (κ3) is 3.73. The van der Waals surface area contributed by atoms with E-state index in [1.54, 1.807) is 0 Å². The lowest BCUT2D eigenvalue weighted by atomic mass is 9.97. The maximum atomic E-state index is 5.02. The minimum absolute atomic E-state index is 0.545. The number of nitrogens with one attached hydrogen (secondary N) is 1. The number of anilines is 1. The van der Waals surface area contributed by atoms with Crippen LogP contribution in [-0.2, 0) is 6.54 Å². The van der Waals surface area contributed by atoms with Crippen molar-refractivity contribution < 1.29 is 0 Å². The number of likely N-dealkylation sites (tertiary alicyclic amines) is 1. The molecule has 0 radical (unpaired) electrons. The molecule has 2 fully saturated rings. The zero-order valence-corrected chi connectivity index (χ0v) is 15.9. The van der Waals surface area contributed by atoms with Crippen molar-refractivity contribution >= 4 is 5.95 Å². The topological polar surface area (TPSA) is 62.1 Å². The Bertz CT molecular complexity index is 712. The van der Waals surface area contributed by atoms with E-state index in [1.165, 1.54) is 25.3 Å². The Morgan fingerprint density at radius 2 is 1.85 bits per heavy atom. The highest BCUT2D eigenvalue weighted by Gasteiger charge is 2.23. The highest BCUT2D eigenvalue weighted by molar-refractivity contribution is 5.57. The van der Waals surface area contributed by atoms with Crippen LogP contribution in [0.1, 0.15) is 31.0 Å². The van der Waals surface area contributed by atoms with Crippen LogP contribution in [0.4, 0.5) is 5.95 Å². The molecule has 26 heavy (non-hydrogen) atoms. The molecule has 7 heteroatoms. The van der Waals surface area contributed by atoms with E-state index in [9.17, 15) is 0 Å². The summed E-state index contributed by atoms with van der Waals surface area (Å²) in [6.07, 6.45) is 9.64. The van der Waals surface area contributed by atoms with Crippen LogP contribution < -0.4 is 10.2 Å². The third-order valence-electron chi connectivity index (χ3n) is 5.45. The van der Waals surface area contributed by atoms with Gasteiger partial charge in [0.25, 0.3) is 0 Å². The van der Waals surface area contributed by atoms with Gasteiger partial charge in [-0.1, -0.05) is 0 Å². The van der Waals surface area contributed by atoms with E-state index in [4.69, 9.17) is 4.98 Å². The van der Waals surface area contributed by atoms with Crippen LogP contribution in [-0.4, -0.2) is 71.2 Å². The van der Waals surface area contributed by atoms with Gasteiger partial charge >= 0.3 is 0 Å². The Hall–Kier alpha value is -1.99. The van der Waals surface area contributed by atoms with Crippen molar-refractivity contribution in [1.82, 2.24) is 29.7 Å². The summed E-state index contributed by atoms with van der Waals surface area (Å²) in [5.41, 5.74) is 1.99. The van der Waals surface area contributed by atoms with Gasteiger partial charge in [0, 0.05) is 57.3 Å². The van der Waals surface area contributed by atoms with E-state index < -0.39 is 0 Å². The van der Waals surface area contributed by atoms with E-state index in [1.807, 2.05) is 31.4 Å². The summed E-state index contributed by atoms with van der Waals surface area (Å²) >= 11 is 0.